The third kappa shape index (κ3) is 3.84. The van der Waals surface area contributed by atoms with Crippen molar-refractivity contribution in [3.8, 4) is 0 Å². The molecule has 1 amide bonds. The highest BCUT2D eigenvalue weighted by Crippen LogP contribution is 2.12. The van der Waals surface area contributed by atoms with Gasteiger partial charge in [-0.3, -0.25) is 4.79 Å². The monoisotopic (exact) mass is 259 g/mol. The number of hydrogen-bond donors (Lipinski definition) is 2. The van der Waals surface area contributed by atoms with Crippen molar-refractivity contribution < 1.29 is 9.21 Å². The summed E-state index contributed by atoms with van der Waals surface area (Å²) in [5, 5.41) is 6.04. The van der Waals surface area contributed by atoms with Crippen LogP contribution in [0.15, 0.2) is 41.3 Å². The minimum Gasteiger partial charge on any atom is -0.447 e. The van der Waals surface area contributed by atoms with Crippen molar-refractivity contribution in [2.45, 2.75) is 26.4 Å². The number of aromatic nitrogens is 1. The van der Waals surface area contributed by atoms with E-state index in [0.29, 0.717) is 12.1 Å². The lowest BCUT2D eigenvalue weighted by molar-refractivity contribution is 0.0943. The van der Waals surface area contributed by atoms with Crippen LogP contribution in [0, 0.1) is 0 Å². The van der Waals surface area contributed by atoms with Crippen molar-refractivity contribution >= 4 is 11.6 Å². The summed E-state index contributed by atoms with van der Waals surface area (Å²) >= 11 is 0. The predicted molar refractivity (Wildman–Crippen MR) is 72.9 cm³/mol. The molecule has 19 heavy (non-hydrogen) atoms. The second-order valence-electron chi connectivity index (χ2n) is 4.53. The molecule has 2 N–H and O–H groups in total. The molecule has 0 aliphatic rings. The molecular weight excluding hydrogens is 242 g/mol. The quantitative estimate of drug-likeness (QED) is 0.865. The Morgan fingerprint density at radius 2 is 2.26 bits per heavy atom. The largest absolute Gasteiger partial charge is 0.447 e. The number of rotatable bonds is 5. The molecular formula is C14H17N3O2. The summed E-state index contributed by atoms with van der Waals surface area (Å²) < 4.78 is 5.13. The Morgan fingerprint density at radius 3 is 2.95 bits per heavy atom. The molecule has 5 heteroatoms. The van der Waals surface area contributed by atoms with Gasteiger partial charge in [0.15, 0.2) is 6.39 Å². The number of nitrogens with one attached hydrogen (secondary N) is 2. The van der Waals surface area contributed by atoms with Crippen LogP contribution in [0.1, 0.15) is 30.0 Å². The van der Waals surface area contributed by atoms with E-state index in [1.165, 1.54) is 6.39 Å². The molecule has 0 saturated carbocycles. The lowest BCUT2D eigenvalue weighted by atomic mass is 10.1. The minimum atomic E-state index is -0.0710. The standard InChI is InChI=1S/C14H17N3O2/c1-10(2)17-14(18)11-4-3-5-12(6-11)16-8-13-7-15-9-19-13/h3-7,9-10,16H,8H2,1-2H3,(H,17,18). The van der Waals surface area contributed by atoms with Crippen LogP contribution in [0.25, 0.3) is 0 Å². The van der Waals surface area contributed by atoms with Crippen molar-refractivity contribution in [3.63, 3.8) is 0 Å². The molecule has 0 unspecified atom stereocenters. The summed E-state index contributed by atoms with van der Waals surface area (Å²) in [6.07, 6.45) is 3.05. The third-order valence-corrected chi connectivity index (χ3v) is 2.49. The van der Waals surface area contributed by atoms with Crippen LogP contribution >= 0.6 is 0 Å². The average molecular weight is 259 g/mol. The first kappa shape index (κ1) is 13.1. The molecule has 1 aromatic carbocycles. The SMILES string of the molecule is CC(C)NC(=O)c1cccc(NCc2cnco2)c1. The number of carbonyl (C=O) groups excluding carboxylic acids is 1. The Labute approximate surface area is 112 Å². The summed E-state index contributed by atoms with van der Waals surface area (Å²) in [5.74, 6) is 0.676. The zero-order chi connectivity index (χ0) is 13.7. The van der Waals surface area contributed by atoms with Crippen LogP contribution in [0.3, 0.4) is 0 Å². The van der Waals surface area contributed by atoms with Crippen LogP contribution in [-0.2, 0) is 6.54 Å². The van der Waals surface area contributed by atoms with Gasteiger partial charge >= 0.3 is 0 Å². The molecule has 0 atom stereocenters. The fourth-order valence-electron chi connectivity index (χ4n) is 1.63. The molecule has 2 aromatic rings. The van der Waals surface area contributed by atoms with E-state index in [2.05, 4.69) is 15.6 Å². The van der Waals surface area contributed by atoms with Gasteiger partial charge in [-0.15, -0.1) is 0 Å². The molecule has 5 nitrogen and oxygen atoms in total. The molecule has 0 aliphatic carbocycles. The first-order valence-electron chi connectivity index (χ1n) is 6.17. The lowest BCUT2D eigenvalue weighted by Crippen LogP contribution is -2.30. The molecule has 0 aliphatic heterocycles. The van der Waals surface area contributed by atoms with Crippen molar-refractivity contribution in [1.82, 2.24) is 10.3 Å². The highest BCUT2D eigenvalue weighted by atomic mass is 16.3. The Hall–Kier alpha value is -2.30. The molecule has 0 saturated heterocycles. The van der Waals surface area contributed by atoms with E-state index in [1.54, 1.807) is 12.3 Å². The summed E-state index contributed by atoms with van der Waals surface area (Å²) in [4.78, 5) is 15.7. The van der Waals surface area contributed by atoms with Gasteiger partial charge < -0.3 is 15.1 Å². The molecule has 100 valence electrons. The lowest BCUT2D eigenvalue weighted by Gasteiger charge is -2.10. The van der Waals surface area contributed by atoms with Gasteiger partial charge in [-0.25, -0.2) is 4.98 Å². The number of anilines is 1. The number of carbonyl (C=O) groups is 1. The number of oxazole rings is 1. The highest BCUT2D eigenvalue weighted by Gasteiger charge is 2.07. The van der Waals surface area contributed by atoms with Crippen LogP contribution in [0.5, 0.6) is 0 Å². The summed E-state index contributed by atoms with van der Waals surface area (Å²) in [6, 6.07) is 7.48. The van der Waals surface area contributed by atoms with E-state index < -0.39 is 0 Å². The molecule has 0 bridgehead atoms. The summed E-state index contributed by atoms with van der Waals surface area (Å²) in [7, 11) is 0. The fraction of sp³-hybridized carbons (Fsp3) is 0.286. The van der Waals surface area contributed by atoms with Gasteiger partial charge in [-0.1, -0.05) is 6.07 Å². The molecule has 2 rings (SSSR count). The van der Waals surface area contributed by atoms with Gasteiger partial charge in [-0.2, -0.15) is 0 Å². The van der Waals surface area contributed by atoms with E-state index in [-0.39, 0.29) is 11.9 Å². The van der Waals surface area contributed by atoms with E-state index in [1.807, 2.05) is 32.0 Å². The normalized spacial score (nSPS) is 10.5. The number of benzene rings is 1. The van der Waals surface area contributed by atoms with Gasteiger partial charge in [0.1, 0.15) is 5.76 Å². The molecule has 0 spiro atoms. The maximum absolute atomic E-state index is 11.9. The first-order valence-corrected chi connectivity index (χ1v) is 6.17. The number of amides is 1. The van der Waals surface area contributed by atoms with Crippen LogP contribution in [0.2, 0.25) is 0 Å². The fourth-order valence-corrected chi connectivity index (χ4v) is 1.63. The molecule has 0 radical (unpaired) electrons. The van der Waals surface area contributed by atoms with Crippen molar-refractivity contribution in [2.24, 2.45) is 0 Å². The van der Waals surface area contributed by atoms with E-state index >= 15 is 0 Å². The summed E-state index contributed by atoms with van der Waals surface area (Å²) in [6.45, 7) is 4.41. The van der Waals surface area contributed by atoms with Gasteiger partial charge in [0.25, 0.3) is 5.91 Å². The van der Waals surface area contributed by atoms with Gasteiger partial charge in [-0.05, 0) is 32.0 Å². The molecule has 1 heterocycles. The van der Waals surface area contributed by atoms with Gasteiger partial charge in [0.05, 0.1) is 12.7 Å². The Bertz CT molecular complexity index is 535. The van der Waals surface area contributed by atoms with Gasteiger partial charge in [0.2, 0.25) is 0 Å². The third-order valence-electron chi connectivity index (χ3n) is 2.49. The van der Waals surface area contributed by atoms with E-state index in [4.69, 9.17) is 4.42 Å². The minimum absolute atomic E-state index is 0.0710. The maximum Gasteiger partial charge on any atom is 0.251 e. The average Bonchev–Trinajstić information content (AvgIpc) is 2.89. The maximum atomic E-state index is 11.9. The number of nitrogens with zero attached hydrogens (tertiary/aromatic N) is 1. The van der Waals surface area contributed by atoms with Crippen molar-refractivity contribution in [2.75, 3.05) is 5.32 Å². The predicted octanol–water partition coefficient (Wildman–Crippen LogP) is 2.42. The van der Waals surface area contributed by atoms with E-state index in [9.17, 15) is 4.79 Å². The summed E-state index contributed by atoms with van der Waals surface area (Å²) in [5.41, 5.74) is 1.50. The smallest absolute Gasteiger partial charge is 0.251 e. The zero-order valence-corrected chi connectivity index (χ0v) is 11.0. The van der Waals surface area contributed by atoms with Crippen molar-refractivity contribution in [1.29, 1.82) is 0 Å². The van der Waals surface area contributed by atoms with E-state index in [0.717, 1.165) is 11.4 Å². The van der Waals surface area contributed by atoms with Crippen LogP contribution in [-0.4, -0.2) is 16.9 Å². The van der Waals surface area contributed by atoms with Gasteiger partial charge in [0, 0.05) is 17.3 Å². The van der Waals surface area contributed by atoms with Crippen LogP contribution in [0.4, 0.5) is 5.69 Å². The Morgan fingerprint density at radius 1 is 1.42 bits per heavy atom. The molecule has 1 aromatic heterocycles. The Balaban J connectivity index is 2.00. The van der Waals surface area contributed by atoms with Crippen LogP contribution < -0.4 is 10.6 Å². The highest BCUT2D eigenvalue weighted by molar-refractivity contribution is 5.95. The molecule has 0 fully saturated rings. The first-order chi connectivity index (χ1) is 9.15. The second kappa shape index (κ2) is 6.04. The van der Waals surface area contributed by atoms with Crippen molar-refractivity contribution in [3.05, 3.63) is 48.2 Å². The Kier molecular flexibility index (Phi) is 4.18. The second-order valence-corrected chi connectivity index (χ2v) is 4.53. The number of hydrogen-bond acceptors (Lipinski definition) is 4. The topological polar surface area (TPSA) is 67.2 Å². The zero-order valence-electron chi connectivity index (χ0n) is 11.0.